The van der Waals surface area contributed by atoms with Gasteiger partial charge in [0, 0.05) is 5.69 Å². The smallest absolute Gasteiger partial charge is 0.274 e. The SMILES string of the molecule is Cc1ccccc1NC(=O)c1cccc(C(=O)NCc2ccco2)n1. The molecule has 0 aliphatic carbocycles. The molecule has 0 spiro atoms. The Morgan fingerprint density at radius 3 is 2.44 bits per heavy atom. The fourth-order valence-corrected chi connectivity index (χ4v) is 2.26. The van der Waals surface area contributed by atoms with Crippen molar-refractivity contribution >= 4 is 17.5 Å². The number of hydrogen-bond acceptors (Lipinski definition) is 4. The van der Waals surface area contributed by atoms with Crippen LogP contribution in [0.4, 0.5) is 5.69 Å². The molecule has 126 valence electrons. The van der Waals surface area contributed by atoms with E-state index in [9.17, 15) is 9.59 Å². The second-order valence-corrected chi connectivity index (χ2v) is 5.44. The largest absolute Gasteiger partial charge is 0.467 e. The first-order valence-electron chi connectivity index (χ1n) is 7.78. The summed E-state index contributed by atoms with van der Waals surface area (Å²) in [6.07, 6.45) is 1.54. The Balaban J connectivity index is 1.69. The molecule has 6 nitrogen and oxygen atoms in total. The monoisotopic (exact) mass is 335 g/mol. The van der Waals surface area contributed by atoms with E-state index in [4.69, 9.17) is 4.42 Å². The van der Waals surface area contributed by atoms with E-state index in [2.05, 4.69) is 15.6 Å². The maximum absolute atomic E-state index is 12.4. The van der Waals surface area contributed by atoms with Crippen LogP contribution < -0.4 is 10.6 Å². The van der Waals surface area contributed by atoms with Crippen LogP contribution in [0.25, 0.3) is 0 Å². The Kier molecular flexibility index (Phi) is 4.89. The van der Waals surface area contributed by atoms with Gasteiger partial charge in [-0.1, -0.05) is 24.3 Å². The van der Waals surface area contributed by atoms with E-state index in [0.717, 1.165) is 5.56 Å². The Labute approximate surface area is 144 Å². The van der Waals surface area contributed by atoms with Crippen molar-refractivity contribution in [3.8, 4) is 0 Å². The molecule has 6 heteroatoms. The Morgan fingerprint density at radius 2 is 1.72 bits per heavy atom. The summed E-state index contributed by atoms with van der Waals surface area (Å²) in [5.74, 6) is -0.0984. The van der Waals surface area contributed by atoms with Crippen molar-refractivity contribution in [2.24, 2.45) is 0 Å². The molecule has 0 bridgehead atoms. The van der Waals surface area contributed by atoms with Gasteiger partial charge in [0.1, 0.15) is 17.1 Å². The summed E-state index contributed by atoms with van der Waals surface area (Å²) in [6, 6.07) is 15.7. The molecule has 0 unspecified atom stereocenters. The van der Waals surface area contributed by atoms with Crippen LogP contribution in [-0.2, 0) is 6.54 Å². The number of aryl methyl sites for hydroxylation is 1. The number of carbonyl (C=O) groups excluding carboxylic acids is 2. The molecule has 2 amide bonds. The van der Waals surface area contributed by atoms with Crippen LogP contribution in [0, 0.1) is 6.92 Å². The van der Waals surface area contributed by atoms with Gasteiger partial charge in [-0.2, -0.15) is 0 Å². The average molecular weight is 335 g/mol. The number of hydrogen-bond donors (Lipinski definition) is 2. The van der Waals surface area contributed by atoms with E-state index in [1.165, 1.54) is 6.26 Å². The summed E-state index contributed by atoms with van der Waals surface area (Å²) in [5.41, 5.74) is 2.00. The van der Waals surface area contributed by atoms with Crippen LogP contribution >= 0.6 is 0 Å². The summed E-state index contributed by atoms with van der Waals surface area (Å²) in [5, 5.41) is 5.50. The van der Waals surface area contributed by atoms with Crippen LogP contribution in [0.3, 0.4) is 0 Å². The summed E-state index contributed by atoms with van der Waals surface area (Å²) >= 11 is 0. The molecular formula is C19H17N3O3. The molecule has 0 aliphatic heterocycles. The van der Waals surface area contributed by atoms with Crippen molar-refractivity contribution in [3.05, 3.63) is 83.6 Å². The van der Waals surface area contributed by atoms with E-state index in [0.29, 0.717) is 11.4 Å². The Bertz CT molecular complexity index is 888. The normalized spacial score (nSPS) is 10.3. The van der Waals surface area contributed by atoms with Crippen molar-refractivity contribution in [3.63, 3.8) is 0 Å². The number of amides is 2. The third kappa shape index (κ3) is 4.11. The second-order valence-electron chi connectivity index (χ2n) is 5.44. The molecule has 0 aliphatic rings. The fourth-order valence-electron chi connectivity index (χ4n) is 2.26. The highest BCUT2D eigenvalue weighted by Crippen LogP contribution is 2.14. The number of anilines is 1. The van der Waals surface area contributed by atoms with E-state index < -0.39 is 0 Å². The van der Waals surface area contributed by atoms with E-state index in [1.807, 2.05) is 31.2 Å². The van der Waals surface area contributed by atoms with Crippen molar-refractivity contribution in [1.82, 2.24) is 10.3 Å². The predicted molar refractivity (Wildman–Crippen MR) is 93.2 cm³/mol. The number of furan rings is 1. The van der Waals surface area contributed by atoms with Crippen LogP contribution in [0.15, 0.2) is 65.3 Å². The van der Waals surface area contributed by atoms with Crippen LogP contribution in [0.1, 0.15) is 32.3 Å². The average Bonchev–Trinajstić information content (AvgIpc) is 3.15. The molecule has 2 N–H and O–H groups in total. The quantitative estimate of drug-likeness (QED) is 0.750. The van der Waals surface area contributed by atoms with Gasteiger partial charge in [0.15, 0.2) is 0 Å². The first-order chi connectivity index (χ1) is 12.1. The lowest BCUT2D eigenvalue weighted by Crippen LogP contribution is -2.25. The minimum Gasteiger partial charge on any atom is -0.467 e. The summed E-state index contributed by atoms with van der Waals surface area (Å²) in [7, 11) is 0. The lowest BCUT2D eigenvalue weighted by molar-refractivity contribution is 0.0943. The van der Waals surface area contributed by atoms with Crippen LogP contribution in [0.2, 0.25) is 0 Å². The van der Waals surface area contributed by atoms with Crippen molar-refractivity contribution in [2.75, 3.05) is 5.32 Å². The first kappa shape index (κ1) is 16.4. The van der Waals surface area contributed by atoms with Gasteiger partial charge in [0.25, 0.3) is 11.8 Å². The van der Waals surface area contributed by atoms with Gasteiger partial charge < -0.3 is 15.1 Å². The Morgan fingerprint density at radius 1 is 0.960 bits per heavy atom. The highest BCUT2D eigenvalue weighted by molar-refractivity contribution is 6.04. The zero-order valence-corrected chi connectivity index (χ0v) is 13.7. The molecule has 0 atom stereocenters. The van der Waals surface area contributed by atoms with Crippen molar-refractivity contribution in [1.29, 1.82) is 0 Å². The van der Waals surface area contributed by atoms with Gasteiger partial charge in [-0.15, -0.1) is 0 Å². The number of para-hydroxylation sites is 1. The van der Waals surface area contributed by atoms with Gasteiger partial charge >= 0.3 is 0 Å². The standard InChI is InChI=1S/C19H17N3O3/c1-13-6-2-3-8-15(13)22-19(24)17-10-4-9-16(21-17)18(23)20-12-14-7-5-11-25-14/h2-11H,12H2,1H3,(H,20,23)(H,22,24). The zero-order valence-electron chi connectivity index (χ0n) is 13.7. The van der Waals surface area contributed by atoms with Gasteiger partial charge in [-0.05, 0) is 42.8 Å². The molecule has 1 aromatic carbocycles. The fraction of sp³-hybridized carbons (Fsp3) is 0.105. The van der Waals surface area contributed by atoms with E-state index >= 15 is 0 Å². The van der Waals surface area contributed by atoms with Gasteiger partial charge in [0.2, 0.25) is 0 Å². The molecule has 0 saturated carbocycles. The maximum Gasteiger partial charge on any atom is 0.274 e. The molecule has 0 saturated heterocycles. The Hall–Kier alpha value is -3.41. The zero-order chi connectivity index (χ0) is 17.6. The number of aromatic nitrogens is 1. The number of rotatable bonds is 5. The molecular weight excluding hydrogens is 318 g/mol. The lowest BCUT2D eigenvalue weighted by Gasteiger charge is -2.08. The van der Waals surface area contributed by atoms with Gasteiger partial charge in [-0.25, -0.2) is 4.98 Å². The minimum atomic E-state index is -0.373. The number of nitrogens with zero attached hydrogens (tertiary/aromatic N) is 1. The van der Waals surface area contributed by atoms with E-state index in [-0.39, 0.29) is 29.7 Å². The number of pyridine rings is 1. The van der Waals surface area contributed by atoms with E-state index in [1.54, 1.807) is 30.3 Å². The molecule has 0 fully saturated rings. The minimum absolute atomic E-state index is 0.170. The van der Waals surface area contributed by atoms with Crippen LogP contribution in [0.5, 0.6) is 0 Å². The number of benzene rings is 1. The summed E-state index contributed by atoms with van der Waals surface area (Å²) < 4.78 is 5.16. The predicted octanol–water partition coefficient (Wildman–Crippen LogP) is 3.17. The second kappa shape index (κ2) is 7.44. The molecule has 3 rings (SSSR count). The van der Waals surface area contributed by atoms with Gasteiger partial charge in [-0.3, -0.25) is 9.59 Å². The highest BCUT2D eigenvalue weighted by atomic mass is 16.3. The van der Waals surface area contributed by atoms with Crippen LogP contribution in [-0.4, -0.2) is 16.8 Å². The molecule has 25 heavy (non-hydrogen) atoms. The molecule has 3 aromatic rings. The third-order valence-electron chi connectivity index (χ3n) is 3.61. The molecule has 2 aromatic heterocycles. The molecule has 2 heterocycles. The topological polar surface area (TPSA) is 84.2 Å². The molecule has 0 radical (unpaired) electrons. The number of carbonyl (C=O) groups is 2. The first-order valence-corrected chi connectivity index (χ1v) is 7.78. The lowest BCUT2D eigenvalue weighted by atomic mass is 10.2. The number of nitrogens with one attached hydrogen (secondary N) is 2. The van der Waals surface area contributed by atoms with Crippen molar-refractivity contribution < 1.29 is 14.0 Å². The van der Waals surface area contributed by atoms with Gasteiger partial charge in [0.05, 0.1) is 12.8 Å². The maximum atomic E-state index is 12.4. The summed E-state index contributed by atoms with van der Waals surface area (Å²) in [4.78, 5) is 28.7. The van der Waals surface area contributed by atoms with Crippen molar-refractivity contribution in [2.45, 2.75) is 13.5 Å². The third-order valence-corrected chi connectivity index (χ3v) is 3.61. The summed E-state index contributed by atoms with van der Waals surface area (Å²) in [6.45, 7) is 2.16. The highest BCUT2D eigenvalue weighted by Gasteiger charge is 2.13.